The number of H-pyrrole nitrogens is 1. The van der Waals surface area contributed by atoms with Crippen LogP contribution in [0.15, 0.2) is 36.5 Å². The van der Waals surface area contributed by atoms with E-state index in [0.29, 0.717) is 12.3 Å². The predicted octanol–water partition coefficient (Wildman–Crippen LogP) is 2.65. The van der Waals surface area contributed by atoms with Crippen molar-refractivity contribution in [3.8, 4) is 5.75 Å². The molecule has 7 nitrogen and oxygen atoms in total. The molecule has 2 atom stereocenters. The van der Waals surface area contributed by atoms with Crippen molar-refractivity contribution in [2.75, 3.05) is 13.7 Å². The molecule has 2 aromatic heterocycles. The summed E-state index contributed by atoms with van der Waals surface area (Å²) in [6.45, 7) is 3.43. The largest absolute Gasteiger partial charge is 0.497 e. The van der Waals surface area contributed by atoms with E-state index in [2.05, 4.69) is 15.4 Å². The summed E-state index contributed by atoms with van der Waals surface area (Å²) in [6, 6.07) is 9.40. The van der Waals surface area contributed by atoms with Gasteiger partial charge in [-0.25, -0.2) is 0 Å². The molecule has 3 aromatic rings. The zero-order chi connectivity index (χ0) is 18.1. The van der Waals surface area contributed by atoms with Gasteiger partial charge in [-0.3, -0.25) is 9.48 Å². The number of carbonyl (C=O) groups is 1. The highest BCUT2D eigenvalue weighted by Gasteiger charge is 2.33. The van der Waals surface area contributed by atoms with Gasteiger partial charge in [0.2, 0.25) is 0 Å². The van der Waals surface area contributed by atoms with Crippen LogP contribution < -0.4 is 10.1 Å². The van der Waals surface area contributed by atoms with E-state index < -0.39 is 0 Å². The molecule has 1 fully saturated rings. The predicted molar refractivity (Wildman–Crippen MR) is 97.3 cm³/mol. The average Bonchev–Trinajstić information content (AvgIpc) is 3.38. The number of rotatable bonds is 5. The van der Waals surface area contributed by atoms with Crippen molar-refractivity contribution >= 4 is 16.8 Å². The molecule has 7 heteroatoms. The summed E-state index contributed by atoms with van der Waals surface area (Å²) >= 11 is 0. The second-order valence-corrected chi connectivity index (χ2v) is 6.37. The molecule has 1 aliphatic heterocycles. The number of ether oxygens (including phenoxy) is 2. The minimum Gasteiger partial charge on any atom is -0.497 e. The van der Waals surface area contributed by atoms with Crippen molar-refractivity contribution in [3.05, 3.63) is 47.9 Å². The molecular weight excluding hydrogens is 332 g/mol. The number of nitrogens with one attached hydrogen (secondary N) is 2. The number of aryl methyl sites for hydroxylation is 1. The molecule has 1 amide bonds. The van der Waals surface area contributed by atoms with Gasteiger partial charge in [-0.15, -0.1) is 0 Å². The topological polar surface area (TPSA) is 81.2 Å². The van der Waals surface area contributed by atoms with Crippen molar-refractivity contribution in [2.24, 2.45) is 0 Å². The Labute approximate surface area is 151 Å². The fourth-order valence-electron chi connectivity index (χ4n) is 3.48. The molecular formula is C19H22N4O3. The van der Waals surface area contributed by atoms with Crippen LogP contribution in [0.1, 0.15) is 35.6 Å². The second kappa shape index (κ2) is 6.84. The Hall–Kier alpha value is -2.80. The number of hydrogen-bond donors (Lipinski definition) is 2. The van der Waals surface area contributed by atoms with E-state index in [-0.39, 0.29) is 18.1 Å². The van der Waals surface area contributed by atoms with Crippen LogP contribution in [0.4, 0.5) is 0 Å². The van der Waals surface area contributed by atoms with Gasteiger partial charge in [0.15, 0.2) is 0 Å². The zero-order valence-corrected chi connectivity index (χ0v) is 14.9. The maximum atomic E-state index is 12.7. The minimum absolute atomic E-state index is 0.0783. The van der Waals surface area contributed by atoms with Crippen LogP contribution in [0.3, 0.4) is 0 Å². The van der Waals surface area contributed by atoms with Gasteiger partial charge in [-0.1, -0.05) is 0 Å². The first kappa shape index (κ1) is 16.7. The van der Waals surface area contributed by atoms with Gasteiger partial charge < -0.3 is 19.8 Å². The maximum absolute atomic E-state index is 12.7. The molecule has 0 saturated carbocycles. The van der Waals surface area contributed by atoms with Gasteiger partial charge in [0.1, 0.15) is 17.5 Å². The lowest BCUT2D eigenvalue weighted by atomic mass is 10.1. The lowest BCUT2D eigenvalue weighted by molar-refractivity contribution is 0.0786. The molecule has 0 spiro atoms. The van der Waals surface area contributed by atoms with Crippen molar-refractivity contribution < 1.29 is 14.3 Å². The highest BCUT2D eigenvalue weighted by atomic mass is 16.5. The number of amides is 1. The number of benzene rings is 1. The van der Waals surface area contributed by atoms with Crippen LogP contribution in [0, 0.1) is 0 Å². The first-order valence-corrected chi connectivity index (χ1v) is 8.80. The second-order valence-electron chi connectivity index (χ2n) is 6.37. The Bertz CT molecular complexity index is 930. The summed E-state index contributed by atoms with van der Waals surface area (Å²) < 4.78 is 13.0. The highest BCUT2D eigenvalue weighted by Crippen LogP contribution is 2.29. The Balaban J connectivity index is 1.53. The van der Waals surface area contributed by atoms with E-state index in [1.165, 1.54) is 0 Å². The first-order valence-electron chi connectivity index (χ1n) is 8.80. The van der Waals surface area contributed by atoms with Crippen molar-refractivity contribution in [1.29, 1.82) is 0 Å². The summed E-state index contributed by atoms with van der Waals surface area (Å²) in [5.41, 5.74) is 2.43. The van der Waals surface area contributed by atoms with Gasteiger partial charge in [0.05, 0.1) is 18.8 Å². The summed E-state index contributed by atoms with van der Waals surface area (Å²) in [5, 5.41) is 8.35. The number of fused-ring (bicyclic) bond motifs is 1. The Kier molecular flexibility index (Phi) is 4.38. The molecule has 2 N–H and O–H groups in total. The first-order chi connectivity index (χ1) is 12.7. The van der Waals surface area contributed by atoms with Gasteiger partial charge in [0, 0.05) is 30.3 Å². The van der Waals surface area contributed by atoms with Crippen molar-refractivity contribution in [2.45, 2.75) is 32.0 Å². The highest BCUT2D eigenvalue weighted by molar-refractivity contribution is 5.98. The van der Waals surface area contributed by atoms with Crippen LogP contribution >= 0.6 is 0 Å². The van der Waals surface area contributed by atoms with E-state index in [1.807, 2.05) is 41.9 Å². The van der Waals surface area contributed by atoms with Gasteiger partial charge in [-0.05, 0) is 43.7 Å². The van der Waals surface area contributed by atoms with Crippen LogP contribution in [0.2, 0.25) is 0 Å². The number of carbonyl (C=O) groups excluding carboxylic acids is 1. The lowest BCUT2D eigenvalue weighted by Crippen LogP contribution is -2.37. The maximum Gasteiger partial charge on any atom is 0.268 e. The molecule has 1 aromatic carbocycles. The molecule has 0 bridgehead atoms. The van der Waals surface area contributed by atoms with E-state index in [9.17, 15) is 4.79 Å². The van der Waals surface area contributed by atoms with Crippen LogP contribution in [-0.4, -0.2) is 40.4 Å². The van der Waals surface area contributed by atoms with E-state index in [0.717, 1.165) is 35.3 Å². The average molecular weight is 354 g/mol. The zero-order valence-electron chi connectivity index (χ0n) is 14.9. The normalized spacial score (nSPS) is 19.8. The van der Waals surface area contributed by atoms with Crippen LogP contribution in [-0.2, 0) is 11.3 Å². The fraction of sp³-hybridized carbons (Fsp3) is 0.368. The number of aromatic amines is 1. The number of nitrogens with zero attached hydrogens (tertiary/aromatic N) is 2. The smallest absolute Gasteiger partial charge is 0.268 e. The summed E-state index contributed by atoms with van der Waals surface area (Å²) in [5.74, 6) is 0.628. The quantitative estimate of drug-likeness (QED) is 0.738. The van der Waals surface area contributed by atoms with Crippen LogP contribution in [0.5, 0.6) is 5.75 Å². The molecule has 1 saturated heterocycles. The van der Waals surface area contributed by atoms with Gasteiger partial charge >= 0.3 is 0 Å². The molecule has 0 unspecified atom stereocenters. The SMILES string of the molecule is CCn1nccc1[C@H]1OCC[C@@H]1NC(=O)c1cc2cc(OC)ccc2[nH]1. The summed E-state index contributed by atoms with van der Waals surface area (Å²) in [4.78, 5) is 15.9. The third-order valence-corrected chi connectivity index (χ3v) is 4.82. The van der Waals surface area contributed by atoms with Gasteiger partial charge in [0.25, 0.3) is 5.91 Å². The molecule has 3 heterocycles. The van der Waals surface area contributed by atoms with E-state index in [1.54, 1.807) is 13.3 Å². The molecule has 4 rings (SSSR count). The summed E-state index contributed by atoms with van der Waals surface area (Å²) in [6.07, 6.45) is 2.37. The minimum atomic E-state index is -0.175. The number of hydrogen-bond acceptors (Lipinski definition) is 4. The number of aromatic nitrogens is 3. The third-order valence-electron chi connectivity index (χ3n) is 4.82. The van der Waals surface area contributed by atoms with E-state index >= 15 is 0 Å². The molecule has 1 aliphatic rings. The monoisotopic (exact) mass is 354 g/mol. The van der Waals surface area contributed by atoms with Gasteiger partial charge in [-0.2, -0.15) is 5.10 Å². The van der Waals surface area contributed by atoms with Crippen molar-refractivity contribution in [1.82, 2.24) is 20.1 Å². The lowest BCUT2D eigenvalue weighted by Gasteiger charge is -2.20. The standard InChI is InChI=1S/C19H22N4O3/c1-3-23-17(6-8-20-23)18-15(7-9-26-18)22-19(24)16-11-12-10-13(25-2)4-5-14(12)21-16/h4-6,8,10-11,15,18,21H,3,7,9H2,1-2H3,(H,22,24)/t15-,18-/m0/s1. The molecule has 26 heavy (non-hydrogen) atoms. The molecule has 0 aliphatic carbocycles. The Morgan fingerprint density at radius 1 is 1.42 bits per heavy atom. The summed E-state index contributed by atoms with van der Waals surface area (Å²) in [7, 11) is 1.63. The Morgan fingerprint density at radius 2 is 2.31 bits per heavy atom. The Morgan fingerprint density at radius 3 is 3.12 bits per heavy atom. The number of methoxy groups -OCH3 is 1. The van der Waals surface area contributed by atoms with E-state index in [4.69, 9.17) is 9.47 Å². The molecule has 136 valence electrons. The van der Waals surface area contributed by atoms with Crippen LogP contribution in [0.25, 0.3) is 10.9 Å². The third kappa shape index (κ3) is 2.94. The van der Waals surface area contributed by atoms with Crippen molar-refractivity contribution in [3.63, 3.8) is 0 Å². The fourth-order valence-corrected chi connectivity index (χ4v) is 3.48. The molecule has 0 radical (unpaired) electrons.